The molecule has 0 bridgehead atoms. The van der Waals surface area contributed by atoms with Crippen molar-refractivity contribution in [1.82, 2.24) is 4.57 Å². The van der Waals surface area contributed by atoms with E-state index in [9.17, 15) is 0 Å². The van der Waals surface area contributed by atoms with Crippen molar-refractivity contribution >= 4 is 60.8 Å². The third-order valence-electron chi connectivity index (χ3n) is 13.4. The highest BCUT2D eigenvalue weighted by Gasteiger charge is 2.46. The molecule has 13 rings (SSSR count). The summed E-state index contributed by atoms with van der Waals surface area (Å²) in [6, 6.07) is 75.7. The van der Waals surface area contributed by atoms with Gasteiger partial charge in [0, 0.05) is 49.7 Å². The van der Waals surface area contributed by atoms with Crippen molar-refractivity contribution in [2.75, 3.05) is 4.90 Å². The maximum absolute atomic E-state index is 6.30. The molecule has 2 heterocycles. The first kappa shape index (κ1) is 33.4. The molecule has 0 fully saturated rings. The first-order valence-electron chi connectivity index (χ1n) is 20.9. The van der Waals surface area contributed by atoms with Crippen LogP contribution in [0.25, 0.3) is 71.7 Å². The number of benzene rings is 9. The molecule has 0 amide bonds. The van der Waals surface area contributed by atoms with Crippen molar-refractivity contribution in [1.29, 1.82) is 0 Å². The Morgan fingerprint density at radius 3 is 1.87 bits per heavy atom. The summed E-state index contributed by atoms with van der Waals surface area (Å²) < 4.78 is 8.69. The monoisotopic (exact) mass is 766 g/mol. The van der Waals surface area contributed by atoms with Crippen molar-refractivity contribution < 1.29 is 4.42 Å². The Morgan fingerprint density at radius 2 is 1.02 bits per heavy atom. The van der Waals surface area contributed by atoms with E-state index >= 15 is 0 Å². The van der Waals surface area contributed by atoms with Crippen LogP contribution >= 0.6 is 0 Å². The smallest absolute Gasteiger partial charge is 0.135 e. The van der Waals surface area contributed by atoms with E-state index in [1.165, 1.54) is 60.8 Å². The number of fused-ring (bicyclic) bond motifs is 12. The van der Waals surface area contributed by atoms with Gasteiger partial charge in [-0.1, -0.05) is 133 Å². The number of rotatable bonds is 5. The van der Waals surface area contributed by atoms with Crippen LogP contribution in [0, 0.1) is 0 Å². The van der Waals surface area contributed by atoms with E-state index in [0.717, 1.165) is 63.0 Å². The second-order valence-corrected chi connectivity index (χ2v) is 16.6. The van der Waals surface area contributed by atoms with Crippen molar-refractivity contribution in [3.63, 3.8) is 0 Å². The first-order valence-corrected chi connectivity index (χ1v) is 20.9. The fourth-order valence-electron chi connectivity index (χ4n) is 10.7. The number of para-hydroxylation sites is 3. The van der Waals surface area contributed by atoms with E-state index in [0.29, 0.717) is 0 Å². The van der Waals surface area contributed by atoms with Gasteiger partial charge in [0.05, 0.1) is 11.0 Å². The summed E-state index contributed by atoms with van der Waals surface area (Å²) in [4.78, 5) is 2.39. The van der Waals surface area contributed by atoms with Gasteiger partial charge in [-0.2, -0.15) is 0 Å². The van der Waals surface area contributed by atoms with Crippen LogP contribution in [-0.2, 0) is 18.3 Å². The zero-order valence-electron chi connectivity index (χ0n) is 32.8. The van der Waals surface area contributed by atoms with Crippen LogP contribution in [0.3, 0.4) is 0 Å². The maximum Gasteiger partial charge on any atom is 0.135 e. The Hall–Kier alpha value is -7.62. The van der Waals surface area contributed by atoms with Crippen LogP contribution in [0.2, 0.25) is 0 Å². The normalized spacial score (nSPS) is 13.7. The van der Waals surface area contributed by atoms with Gasteiger partial charge in [0.25, 0.3) is 0 Å². The number of nitrogens with zero attached hydrogens (tertiary/aromatic N) is 2. The van der Waals surface area contributed by atoms with Gasteiger partial charge in [-0.15, -0.1) is 0 Å². The minimum Gasteiger partial charge on any atom is -0.456 e. The maximum atomic E-state index is 6.30. The zero-order chi connectivity index (χ0) is 39.4. The van der Waals surface area contributed by atoms with Crippen LogP contribution in [0.15, 0.2) is 211 Å². The predicted molar refractivity (Wildman–Crippen MR) is 248 cm³/mol. The molecule has 11 aromatic rings. The van der Waals surface area contributed by atoms with E-state index in [4.69, 9.17) is 4.42 Å². The van der Waals surface area contributed by atoms with Crippen molar-refractivity contribution in [3.05, 3.63) is 229 Å². The van der Waals surface area contributed by atoms with Gasteiger partial charge in [0.1, 0.15) is 11.2 Å². The van der Waals surface area contributed by atoms with Gasteiger partial charge >= 0.3 is 0 Å². The molecule has 2 aliphatic rings. The molecule has 2 aliphatic carbocycles. The highest BCUT2D eigenvalue weighted by Crippen LogP contribution is 2.56. The Labute approximate surface area is 348 Å². The lowest BCUT2D eigenvalue weighted by Crippen LogP contribution is -2.25. The van der Waals surface area contributed by atoms with E-state index in [-0.39, 0.29) is 5.41 Å². The summed E-state index contributed by atoms with van der Waals surface area (Å²) >= 11 is 0. The number of furan rings is 1. The number of anilines is 3. The molecular formula is C57H38N2O. The zero-order valence-corrected chi connectivity index (χ0v) is 32.8. The Morgan fingerprint density at radius 1 is 0.400 bits per heavy atom. The van der Waals surface area contributed by atoms with Gasteiger partial charge < -0.3 is 13.9 Å². The van der Waals surface area contributed by atoms with Gasteiger partial charge in [-0.3, -0.25) is 0 Å². The molecule has 0 saturated carbocycles. The van der Waals surface area contributed by atoms with Crippen LogP contribution < -0.4 is 4.90 Å². The molecule has 60 heavy (non-hydrogen) atoms. The summed E-state index contributed by atoms with van der Waals surface area (Å²) in [6.07, 6.45) is 2.10. The SMILES string of the molecule is c1ccc(-n2c3ccccc3c3ccc(N(c4ccc(-c5ccc6c(c5)-c5ccccc5C65Cc6ccccc6C5)cc4)c4ccc5oc6ccccc6c5c4)cc32)cc1. The quantitative estimate of drug-likeness (QED) is 0.174. The Bertz CT molecular complexity index is 3470. The van der Waals surface area contributed by atoms with E-state index in [1.807, 2.05) is 12.1 Å². The van der Waals surface area contributed by atoms with Crippen LogP contribution in [0.4, 0.5) is 17.1 Å². The fraction of sp³-hybridized carbons (Fsp3) is 0.0526. The molecule has 1 spiro atoms. The van der Waals surface area contributed by atoms with Crippen molar-refractivity contribution in [3.8, 4) is 27.9 Å². The molecule has 0 saturated heterocycles. The summed E-state index contributed by atoms with van der Waals surface area (Å²) in [6.45, 7) is 0. The molecule has 9 aromatic carbocycles. The average molecular weight is 767 g/mol. The minimum absolute atomic E-state index is 0.00671. The van der Waals surface area contributed by atoms with Gasteiger partial charge in [0.15, 0.2) is 0 Å². The second-order valence-electron chi connectivity index (χ2n) is 16.6. The standard InChI is InChI=1S/C57H38N2O/c1-2-14-41(15-3-1)59-53-20-10-7-17-46(53)47-29-27-44(34-54(47)59)58(43-28-31-56-50(33-43)48-18-8-11-21-55(48)60-56)42-25-22-37(23-26-42)38-24-30-52-49(32-38)45-16-6-9-19-51(45)57(52)35-39-12-4-5-13-40(39)36-57/h1-34H,35-36H2. The second kappa shape index (κ2) is 12.7. The lowest BCUT2D eigenvalue weighted by molar-refractivity contribution is 0.563. The predicted octanol–water partition coefficient (Wildman–Crippen LogP) is 14.9. The van der Waals surface area contributed by atoms with Crippen molar-refractivity contribution in [2.24, 2.45) is 0 Å². The molecule has 0 radical (unpaired) electrons. The summed E-state index contributed by atoms with van der Waals surface area (Å²) in [5, 5.41) is 4.69. The summed E-state index contributed by atoms with van der Waals surface area (Å²) in [5.74, 6) is 0. The molecule has 0 aliphatic heterocycles. The summed E-state index contributed by atoms with van der Waals surface area (Å²) in [7, 11) is 0. The van der Waals surface area contributed by atoms with Crippen LogP contribution in [0.5, 0.6) is 0 Å². The molecule has 282 valence electrons. The molecular weight excluding hydrogens is 729 g/mol. The van der Waals surface area contributed by atoms with E-state index in [1.54, 1.807) is 0 Å². The Balaban J connectivity index is 0.954. The molecule has 0 atom stereocenters. The number of aromatic nitrogens is 1. The minimum atomic E-state index is -0.00671. The molecule has 3 heteroatoms. The third-order valence-corrected chi connectivity index (χ3v) is 13.4. The van der Waals surface area contributed by atoms with E-state index < -0.39 is 0 Å². The lowest BCUT2D eigenvalue weighted by Gasteiger charge is -2.27. The molecule has 3 nitrogen and oxygen atoms in total. The Kier molecular flexibility index (Phi) is 7.06. The molecule has 2 aromatic heterocycles. The number of hydrogen-bond donors (Lipinski definition) is 0. The summed E-state index contributed by atoms with van der Waals surface area (Å²) in [5.41, 5.74) is 19.6. The highest BCUT2D eigenvalue weighted by molar-refractivity contribution is 6.11. The topological polar surface area (TPSA) is 21.3 Å². The van der Waals surface area contributed by atoms with Crippen LogP contribution in [0.1, 0.15) is 22.3 Å². The molecule has 0 N–H and O–H groups in total. The first-order chi connectivity index (χ1) is 29.7. The highest BCUT2D eigenvalue weighted by atomic mass is 16.3. The van der Waals surface area contributed by atoms with Gasteiger partial charge in [-0.25, -0.2) is 0 Å². The van der Waals surface area contributed by atoms with Crippen LogP contribution in [-0.4, -0.2) is 4.57 Å². The fourth-order valence-corrected chi connectivity index (χ4v) is 10.7. The van der Waals surface area contributed by atoms with Crippen molar-refractivity contribution in [2.45, 2.75) is 18.3 Å². The average Bonchev–Trinajstić information content (AvgIpc) is 4.05. The van der Waals surface area contributed by atoms with E-state index in [2.05, 4.69) is 204 Å². The number of hydrogen-bond acceptors (Lipinski definition) is 2. The largest absolute Gasteiger partial charge is 0.456 e. The lowest BCUT2D eigenvalue weighted by atomic mass is 9.75. The van der Waals surface area contributed by atoms with Gasteiger partial charge in [0.2, 0.25) is 0 Å². The third kappa shape index (κ3) is 4.84. The van der Waals surface area contributed by atoms with Gasteiger partial charge in [-0.05, 0) is 130 Å². The molecule has 0 unspecified atom stereocenters.